The summed E-state index contributed by atoms with van der Waals surface area (Å²) >= 11 is 0. The average Bonchev–Trinajstić information content (AvgIpc) is 2.35. The molecule has 1 aromatic carbocycles. The summed E-state index contributed by atoms with van der Waals surface area (Å²) in [5.41, 5.74) is 1.23. The summed E-state index contributed by atoms with van der Waals surface area (Å²) in [7, 11) is 1.28. The highest BCUT2D eigenvalue weighted by Gasteiger charge is 2.16. The van der Waals surface area contributed by atoms with Crippen molar-refractivity contribution in [3.8, 4) is 0 Å². The molecule has 0 unspecified atom stereocenters. The van der Waals surface area contributed by atoms with Crippen molar-refractivity contribution in [3.05, 3.63) is 48.0 Å². The number of carbonyl (C=O) groups is 1. The Morgan fingerprint density at radius 2 is 2.06 bits per heavy atom. The average molecular weight is 220 g/mol. The van der Waals surface area contributed by atoms with E-state index in [9.17, 15) is 9.90 Å². The van der Waals surface area contributed by atoms with E-state index in [-0.39, 0.29) is 5.57 Å². The fourth-order valence-electron chi connectivity index (χ4n) is 1.39. The molecule has 0 heterocycles. The summed E-state index contributed by atoms with van der Waals surface area (Å²) in [6, 6.07) is 9.78. The van der Waals surface area contributed by atoms with Crippen LogP contribution >= 0.6 is 0 Å². The van der Waals surface area contributed by atoms with Crippen LogP contribution in [-0.2, 0) is 16.0 Å². The number of aliphatic hydroxyl groups excluding tert-OH is 1. The van der Waals surface area contributed by atoms with Gasteiger partial charge >= 0.3 is 5.97 Å². The highest BCUT2D eigenvalue weighted by molar-refractivity contribution is 5.88. The second-order valence-corrected chi connectivity index (χ2v) is 3.56. The molecule has 1 N–H and O–H groups in total. The molecule has 0 spiro atoms. The van der Waals surface area contributed by atoms with Crippen molar-refractivity contribution >= 4 is 5.97 Å². The highest BCUT2D eigenvalue weighted by Crippen LogP contribution is 2.10. The maximum Gasteiger partial charge on any atom is 0.335 e. The highest BCUT2D eigenvalue weighted by atomic mass is 16.5. The lowest BCUT2D eigenvalue weighted by molar-refractivity contribution is -0.137. The maximum atomic E-state index is 11.1. The normalized spacial score (nSPS) is 11.9. The topological polar surface area (TPSA) is 46.5 Å². The van der Waals surface area contributed by atoms with E-state index in [4.69, 9.17) is 0 Å². The third kappa shape index (κ3) is 3.51. The Morgan fingerprint density at radius 3 is 2.62 bits per heavy atom. The molecule has 0 saturated heterocycles. The van der Waals surface area contributed by atoms with E-state index >= 15 is 0 Å². The van der Waals surface area contributed by atoms with E-state index in [1.54, 1.807) is 0 Å². The summed E-state index contributed by atoms with van der Waals surface area (Å²) in [6.07, 6.45) is 0.336. The van der Waals surface area contributed by atoms with Gasteiger partial charge in [-0.2, -0.15) is 0 Å². The number of hydrogen-bond acceptors (Lipinski definition) is 3. The number of carbonyl (C=O) groups excluding carboxylic acids is 1. The van der Waals surface area contributed by atoms with Crippen LogP contribution in [0.3, 0.4) is 0 Å². The second kappa shape index (κ2) is 6.08. The molecule has 1 atom stereocenters. The summed E-state index contributed by atoms with van der Waals surface area (Å²) in [4.78, 5) is 11.1. The first-order chi connectivity index (χ1) is 7.65. The van der Waals surface area contributed by atoms with Gasteiger partial charge in [0.2, 0.25) is 0 Å². The van der Waals surface area contributed by atoms with Gasteiger partial charge in [-0.05, 0) is 18.4 Å². The van der Waals surface area contributed by atoms with Crippen molar-refractivity contribution in [2.75, 3.05) is 7.11 Å². The molecule has 0 saturated carbocycles. The maximum absolute atomic E-state index is 11.1. The number of aliphatic hydroxyl groups is 1. The fraction of sp³-hybridized carbons (Fsp3) is 0.308. The standard InChI is InChI=1S/C13H16O3/c1-10(13(15)16-2)12(14)9-8-11-6-4-3-5-7-11/h3-7,12,14H,1,8-9H2,2H3/t12-/m0/s1. The number of benzene rings is 1. The molecular weight excluding hydrogens is 204 g/mol. The molecule has 1 rings (SSSR count). The number of hydrogen-bond donors (Lipinski definition) is 1. The van der Waals surface area contributed by atoms with Crippen LogP contribution in [-0.4, -0.2) is 24.3 Å². The zero-order valence-electron chi connectivity index (χ0n) is 9.35. The van der Waals surface area contributed by atoms with Crippen LogP contribution in [0, 0.1) is 0 Å². The number of rotatable bonds is 5. The molecule has 0 aliphatic heterocycles. The first-order valence-corrected chi connectivity index (χ1v) is 5.14. The zero-order valence-corrected chi connectivity index (χ0v) is 9.35. The first kappa shape index (κ1) is 12.5. The quantitative estimate of drug-likeness (QED) is 0.607. The Balaban J connectivity index is 2.44. The van der Waals surface area contributed by atoms with Crippen molar-refractivity contribution < 1.29 is 14.6 Å². The van der Waals surface area contributed by atoms with Gasteiger partial charge < -0.3 is 9.84 Å². The lowest BCUT2D eigenvalue weighted by Crippen LogP contribution is -2.18. The third-order valence-electron chi connectivity index (χ3n) is 2.40. The molecule has 1 aromatic rings. The molecule has 3 nitrogen and oxygen atoms in total. The monoisotopic (exact) mass is 220 g/mol. The Labute approximate surface area is 95.4 Å². The van der Waals surface area contributed by atoms with Crippen LogP contribution in [0.15, 0.2) is 42.5 Å². The third-order valence-corrected chi connectivity index (χ3v) is 2.40. The van der Waals surface area contributed by atoms with Gasteiger partial charge in [0.15, 0.2) is 0 Å². The summed E-state index contributed by atoms with van der Waals surface area (Å²) in [5, 5.41) is 9.68. The van der Waals surface area contributed by atoms with Crippen molar-refractivity contribution in [2.24, 2.45) is 0 Å². The summed E-state index contributed by atoms with van der Waals surface area (Å²) < 4.78 is 4.49. The van der Waals surface area contributed by atoms with Gasteiger partial charge in [0.25, 0.3) is 0 Å². The van der Waals surface area contributed by atoms with Gasteiger partial charge in [-0.25, -0.2) is 4.79 Å². The van der Waals surface area contributed by atoms with E-state index in [2.05, 4.69) is 11.3 Å². The van der Waals surface area contributed by atoms with E-state index in [1.807, 2.05) is 30.3 Å². The van der Waals surface area contributed by atoms with Crippen molar-refractivity contribution in [2.45, 2.75) is 18.9 Å². The van der Waals surface area contributed by atoms with Gasteiger partial charge in [-0.1, -0.05) is 36.9 Å². The molecule has 0 aromatic heterocycles. The van der Waals surface area contributed by atoms with Crippen molar-refractivity contribution in [1.82, 2.24) is 0 Å². The van der Waals surface area contributed by atoms with Crippen molar-refractivity contribution in [3.63, 3.8) is 0 Å². The molecule has 86 valence electrons. The lowest BCUT2D eigenvalue weighted by Gasteiger charge is -2.11. The largest absolute Gasteiger partial charge is 0.466 e. The predicted molar refractivity (Wildman–Crippen MR) is 61.9 cm³/mol. The summed E-state index contributed by atoms with van der Waals surface area (Å²) in [6.45, 7) is 3.51. The van der Waals surface area contributed by atoms with Crippen LogP contribution in [0.25, 0.3) is 0 Å². The van der Waals surface area contributed by atoms with Gasteiger partial charge in [-0.3, -0.25) is 0 Å². The molecule has 0 bridgehead atoms. The van der Waals surface area contributed by atoms with Crippen LogP contribution < -0.4 is 0 Å². The fourth-order valence-corrected chi connectivity index (χ4v) is 1.39. The van der Waals surface area contributed by atoms with Gasteiger partial charge in [0.05, 0.1) is 18.8 Å². The minimum absolute atomic E-state index is 0.110. The first-order valence-electron chi connectivity index (χ1n) is 5.14. The molecule has 0 radical (unpaired) electrons. The van der Waals surface area contributed by atoms with Gasteiger partial charge in [0, 0.05) is 0 Å². The predicted octanol–water partition coefficient (Wildman–Crippen LogP) is 1.71. The molecule has 16 heavy (non-hydrogen) atoms. The smallest absolute Gasteiger partial charge is 0.335 e. The molecule has 0 aliphatic rings. The van der Waals surface area contributed by atoms with E-state index in [0.29, 0.717) is 12.8 Å². The minimum atomic E-state index is -0.840. The SMILES string of the molecule is C=C(C(=O)OC)[C@@H](O)CCc1ccccc1. The minimum Gasteiger partial charge on any atom is -0.466 e. The number of ether oxygens (including phenoxy) is 1. The van der Waals surface area contributed by atoms with Gasteiger partial charge in [0.1, 0.15) is 0 Å². The molecule has 0 fully saturated rings. The molecule has 0 amide bonds. The van der Waals surface area contributed by atoms with Crippen LogP contribution in [0.4, 0.5) is 0 Å². The Hall–Kier alpha value is -1.61. The Bertz CT molecular complexity index is 357. The van der Waals surface area contributed by atoms with Crippen LogP contribution in [0.2, 0.25) is 0 Å². The lowest BCUT2D eigenvalue weighted by atomic mass is 10.0. The van der Waals surface area contributed by atoms with E-state index in [0.717, 1.165) is 5.56 Å². The van der Waals surface area contributed by atoms with Crippen LogP contribution in [0.1, 0.15) is 12.0 Å². The summed E-state index contributed by atoms with van der Waals surface area (Å²) in [5.74, 6) is -0.555. The number of methoxy groups -OCH3 is 1. The van der Waals surface area contributed by atoms with E-state index in [1.165, 1.54) is 7.11 Å². The number of aryl methyl sites for hydroxylation is 1. The number of esters is 1. The van der Waals surface area contributed by atoms with Gasteiger partial charge in [-0.15, -0.1) is 0 Å². The molecule has 0 aliphatic carbocycles. The second-order valence-electron chi connectivity index (χ2n) is 3.56. The molecule has 3 heteroatoms. The Kier molecular flexibility index (Phi) is 4.73. The zero-order chi connectivity index (χ0) is 12.0. The molecular formula is C13H16O3. The van der Waals surface area contributed by atoms with E-state index < -0.39 is 12.1 Å². The van der Waals surface area contributed by atoms with Crippen molar-refractivity contribution in [1.29, 1.82) is 0 Å². The Morgan fingerprint density at radius 1 is 1.44 bits per heavy atom. The van der Waals surface area contributed by atoms with Crippen LogP contribution in [0.5, 0.6) is 0 Å².